The number of anilines is 4. The topological polar surface area (TPSA) is 154 Å². The van der Waals surface area contributed by atoms with Gasteiger partial charge in [0.1, 0.15) is 24.8 Å². The van der Waals surface area contributed by atoms with E-state index in [-0.39, 0.29) is 23.9 Å². The van der Waals surface area contributed by atoms with Crippen LogP contribution >= 0.6 is 23.2 Å². The number of aromatic nitrogens is 4. The first-order valence-corrected chi connectivity index (χ1v) is 32.8. The van der Waals surface area contributed by atoms with Gasteiger partial charge in [-0.3, -0.25) is 9.80 Å². The Labute approximate surface area is 505 Å². The van der Waals surface area contributed by atoms with Crippen molar-refractivity contribution in [3.63, 3.8) is 0 Å². The Kier molecular flexibility index (Phi) is 17.3. The molecule has 0 aliphatic carbocycles. The number of nitriles is 1. The van der Waals surface area contributed by atoms with E-state index in [9.17, 15) is 13.7 Å². The fourth-order valence-electron chi connectivity index (χ4n) is 14.1. The molecule has 6 aliphatic rings. The molecule has 1 unspecified atom stereocenters. The van der Waals surface area contributed by atoms with Gasteiger partial charge in [-0.1, -0.05) is 78.7 Å². The maximum Gasteiger partial charge on any atom is 0.318 e. The quantitative estimate of drug-likeness (QED) is 0.0628. The third kappa shape index (κ3) is 12.3. The first kappa shape index (κ1) is 58.2. The van der Waals surface area contributed by atoms with Crippen molar-refractivity contribution in [2.24, 2.45) is 0 Å². The predicted molar refractivity (Wildman–Crippen MR) is 337 cm³/mol. The second-order valence-electron chi connectivity index (χ2n) is 24.1. The van der Waals surface area contributed by atoms with E-state index in [0.717, 1.165) is 170 Å². The van der Waals surface area contributed by atoms with Crippen LogP contribution < -0.4 is 29.1 Å². The monoisotopic (exact) mass is 1200 g/mol. The van der Waals surface area contributed by atoms with Crippen LogP contribution in [-0.4, -0.2) is 178 Å². The number of benzene rings is 4. The molecule has 0 saturated carbocycles. The van der Waals surface area contributed by atoms with Crippen molar-refractivity contribution >= 4 is 77.6 Å². The number of halogens is 2. The largest absolute Gasteiger partial charge is 0.462 e. The number of likely N-dealkylation sites (tertiary alicyclic amines) is 2. The lowest BCUT2D eigenvalue weighted by Gasteiger charge is -2.35. The predicted octanol–water partition coefficient (Wildman–Crippen LogP) is 9.41. The van der Waals surface area contributed by atoms with E-state index in [1.54, 1.807) is 6.08 Å². The standard InChI is InChI=1S/C64H79Cl2N13O4S/c1-5-75(30-20-45-37-47-15-8-19-57(59(47)53(66)38-45)78-33-23-51-55(41-78)68-62(82-42-49-16-9-26-72(49)2)71-61(51)74(4)48-21-31-76(39-48)44-67)27-12-35-84(80,81)36-34-73(3)60-50-22-32-77(56-18-7-14-46-13-6-17-52(65)58(46)56)40-54(50)69-63(70-60)83-43-64-24-10-28-79(64)29-11-25-64/h6-8,12-15,17-19,35,37-38,48-49H,5,9-11,16,20-34,36,39-43H2,1-4H3/b35-12+/t48?,49-/m0/s1. The van der Waals surface area contributed by atoms with Gasteiger partial charge in [0.05, 0.1) is 51.9 Å². The summed E-state index contributed by atoms with van der Waals surface area (Å²) in [6, 6.07) is 24.3. The van der Waals surface area contributed by atoms with Gasteiger partial charge in [-0.05, 0) is 138 Å². The molecule has 2 aromatic heterocycles. The lowest BCUT2D eigenvalue weighted by atomic mass is 9.95. The van der Waals surface area contributed by atoms with Gasteiger partial charge in [-0.25, -0.2) is 8.42 Å². The van der Waals surface area contributed by atoms with E-state index in [4.69, 9.17) is 52.6 Å². The van der Waals surface area contributed by atoms with Gasteiger partial charge < -0.3 is 38.9 Å². The fraction of sp³-hybridized carbons (Fsp3) is 0.516. The number of ether oxygens (including phenoxy) is 2. The Morgan fingerprint density at radius 1 is 0.774 bits per heavy atom. The van der Waals surface area contributed by atoms with Crippen molar-refractivity contribution in [2.75, 3.05) is 132 Å². The van der Waals surface area contributed by atoms with E-state index in [1.807, 2.05) is 29.0 Å². The third-order valence-corrected chi connectivity index (χ3v) is 20.9. The minimum Gasteiger partial charge on any atom is -0.462 e. The molecule has 4 aromatic carbocycles. The smallest absolute Gasteiger partial charge is 0.318 e. The van der Waals surface area contributed by atoms with Gasteiger partial charge in [0, 0.05) is 105 Å². The van der Waals surface area contributed by atoms with Crippen molar-refractivity contribution in [2.45, 2.75) is 102 Å². The van der Waals surface area contributed by atoms with Gasteiger partial charge in [0.2, 0.25) is 0 Å². The lowest BCUT2D eigenvalue weighted by molar-refractivity contribution is 0.107. The zero-order valence-electron chi connectivity index (χ0n) is 49.2. The Hall–Kier alpha value is -6.20. The number of hydrogen-bond donors (Lipinski definition) is 0. The van der Waals surface area contributed by atoms with Crippen LogP contribution in [0.25, 0.3) is 21.5 Å². The molecular formula is C64H79Cl2N13O4S. The van der Waals surface area contributed by atoms with E-state index < -0.39 is 9.84 Å². The third-order valence-electron chi connectivity index (χ3n) is 19.0. The summed E-state index contributed by atoms with van der Waals surface area (Å²) in [6.45, 7) is 12.7. The highest BCUT2D eigenvalue weighted by molar-refractivity contribution is 7.94. The zero-order valence-corrected chi connectivity index (χ0v) is 51.5. The molecule has 0 radical (unpaired) electrons. The van der Waals surface area contributed by atoms with Gasteiger partial charge in [-0.2, -0.15) is 25.2 Å². The van der Waals surface area contributed by atoms with Crippen molar-refractivity contribution < 1.29 is 17.9 Å². The zero-order chi connectivity index (χ0) is 58.1. The fourth-order valence-corrected chi connectivity index (χ4v) is 15.7. The van der Waals surface area contributed by atoms with Crippen molar-refractivity contribution in [1.82, 2.24) is 39.5 Å². The molecule has 17 nitrogen and oxygen atoms in total. The summed E-state index contributed by atoms with van der Waals surface area (Å²) < 4.78 is 40.5. The Bertz CT molecular complexity index is 3570. The molecular weight excluding hydrogens is 1120 g/mol. The van der Waals surface area contributed by atoms with E-state index in [2.05, 4.69) is 111 Å². The normalized spacial score (nSPS) is 19.9. The molecule has 0 spiro atoms. The Morgan fingerprint density at radius 2 is 1.44 bits per heavy atom. The minimum atomic E-state index is -3.57. The molecule has 0 bridgehead atoms. The number of nitrogens with zero attached hydrogens (tertiary/aromatic N) is 13. The highest BCUT2D eigenvalue weighted by Gasteiger charge is 2.45. The molecule has 6 aliphatic heterocycles. The van der Waals surface area contributed by atoms with Gasteiger partial charge in [-0.15, -0.1) is 0 Å². The van der Waals surface area contributed by atoms with Crippen molar-refractivity contribution in [3.05, 3.63) is 116 Å². The summed E-state index contributed by atoms with van der Waals surface area (Å²) in [7, 11) is 2.60. The van der Waals surface area contributed by atoms with Crippen LogP contribution in [0.4, 0.5) is 23.0 Å². The second kappa shape index (κ2) is 25.0. The molecule has 12 rings (SSSR count). The summed E-state index contributed by atoms with van der Waals surface area (Å²) in [4.78, 5) is 38.2. The summed E-state index contributed by atoms with van der Waals surface area (Å²) in [5.41, 5.74) is 7.26. The van der Waals surface area contributed by atoms with E-state index in [0.29, 0.717) is 73.9 Å². The van der Waals surface area contributed by atoms with Crippen molar-refractivity contribution in [3.8, 4) is 18.2 Å². The second-order valence-corrected chi connectivity index (χ2v) is 26.9. The van der Waals surface area contributed by atoms with Crippen LogP contribution in [0.5, 0.6) is 12.0 Å². The van der Waals surface area contributed by atoms with E-state index in [1.165, 1.54) is 18.2 Å². The average Bonchev–Trinajstić information content (AvgIpc) is 2.09. The molecule has 4 saturated heterocycles. The molecule has 2 atom stereocenters. The molecule has 0 N–H and O–H groups in total. The first-order valence-electron chi connectivity index (χ1n) is 30.3. The SMILES string of the molecule is CCN(C/C=C/S(=O)(=O)CCN(C)c1nc(OCC23CCCN2CCC3)nc2c1CCN(c1cccc3cccc(Cl)c13)C2)CCc1cc(Cl)c2c(N3CCc4c(nc(OC[C@@H]5CCCN5C)nc4N(C)C4CCN(C#N)C4)C3)cccc2c1. The number of rotatable bonds is 21. The minimum absolute atomic E-state index is 0.0249. The summed E-state index contributed by atoms with van der Waals surface area (Å²) in [5, 5.41) is 16.6. The summed E-state index contributed by atoms with van der Waals surface area (Å²) in [6.07, 6.45) is 14.0. The number of hydrogen-bond acceptors (Lipinski definition) is 17. The maximum absolute atomic E-state index is 13.8. The lowest BCUT2D eigenvalue weighted by Crippen LogP contribution is -2.43. The molecule has 8 heterocycles. The van der Waals surface area contributed by atoms with Crippen LogP contribution in [-0.2, 0) is 42.2 Å². The van der Waals surface area contributed by atoms with Crippen LogP contribution in [0.2, 0.25) is 10.0 Å². The van der Waals surface area contributed by atoms with E-state index >= 15 is 0 Å². The number of sulfone groups is 1. The van der Waals surface area contributed by atoms with Crippen LogP contribution in [0.15, 0.2) is 78.2 Å². The molecule has 84 heavy (non-hydrogen) atoms. The van der Waals surface area contributed by atoms with Gasteiger partial charge >= 0.3 is 12.0 Å². The molecule has 444 valence electrons. The average molecular weight is 1200 g/mol. The maximum atomic E-state index is 13.8. The highest BCUT2D eigenvalue weighted by Crippen LogP contribution is 2.42. The van der Waals surface area contributed by atoms with Gasteiger partial charge in [0.15, 0.2) is 16.0 Å². The molecule has 6 aromatic rings. The Balaban J connectivity index is 0.694. The summed E-state index contributed by atoms with van der Waals surface area (Å²) in [5.74, 6) is 1.55. The van der Waals surface area contributed by atoms with Crippen LogP contribution in [0.3, 0.4) is 0 Å². The van der Waals surface area contributed by atoms with Gasteiger partial charge in [0.25, 0.3) is 0 Å². The highest BCUT2D eigenvalue weighted by atomic mass is 35.5. The summed E-state index contributed by atoms with van der Waals surface area (Å²) >= 11 is 14.1. The molecule has 0 amide bonds. The first-order chi connectivity index (χ1) is 40.7. The number of likely N-dealkylation sites (N-methyl/N-ethyl adjacent to an activating group) is 3. The number of fused-ring (bicyclic) bond motifs is 5. The van der Waals surface area contributed by atoms with Crippen molar-refractivity contribution in [1.29, 1.82) is 5.26 Å². The Morgan fingerprint density at radius 3 is 2.12 bits per heavy atom. The molecule has 4 fully saturated rings. The molecule has 20 heteroatoms. The van der Waals surface area contributed by atoms with Crippen LogP contribution in [0, 0.1) is 11.5 Å². The van der Waals surface area contributed by atoms with Crippen LogP contribution in [0.1, 0.15) is 79.9 Å².